The molecule has 2 aliphatic rings. The van der Waals surface area contributed by atoms with Gasteiger partial charge in [-0.15, -0.1) is 0 Å². The van der Waals surface area contributed by atoms with E-state index in [2.05, 4.69) is 46.4 Å². The van der Waals surface area contributed by atoms with Crippen LogP contribution in [0.3, 0.4) is 0 Å². The molecule has 0 saturated carbocycles. The van der Waals surface area contributed by atoms with Gasteiger partial charge in [-0.05, 0) is 56.7 Å². The summed E-state index contributed by atoms with van der Waals surface area (Å²) in [6.45, 7) is 4.92. The number of hydrogen-bond donors (Lipinski definition) is 3. The molecular formula is C28H44F6N3O3P. The Kier molecular flexibility index (Phi) is 12.0. The number of methoxy groups -OCH3 is 1. The Balaban J connectivity index is 0.000000745. The van der Waals surface area contributed by atoms with Crippen LogP contribution in [0.4, 0.5) is 25.2 Å². The van der Waals surface area contributed by atoms with Gasteiger partial charge >= 0.3 is 44.9 Å². The number of benzene rings is 1. The molecule has 0 radical (unpaired) electrons. The summed E-state index contributed by atoms with van der Waals surface area (Å²) in [6, 6.07) is 8.30. The molecule has 0 unspecified atom stereocenters. The number of carboxylic acids is 1. The predicted octanol–water partition coefficient (Wildman–Crippen LogP) is 8.46. The van der Waals surface area contributed by atoms with Crippen molar-refractivity contribution in [3.05, 3.63) is 42.0 Å². The molecule has 13 heteroatoms. The van der Waals surface area contributed by atoms with Gasteiger partial charge in [-0.1, -0.05) is 63.3 Å². The van der Waals surface area contributed by atoms with Crippen LogP contribution in [0.1, 0.15) is 83.6 Å². The van der Waals surface area contributed by atoms with E-state index in [1.165, 1.54) is 38.5 Å². The van der Waals surface area contributed by atoms with E-state index in [1.807, 2.05) is 19.1 Å². The molecule has 3 N–H and O–H groups in total. The van der Waals surface area contributed by atoms with Crippen molar-refractivity contribution in [2.75, 3.05) is 7.11 Å². The number of aliphatic carboxylic acids is 1. The van der Waals surface area contributed by atoms with Crippen LogP contribution >= 0.6 is 7.81 Å². The van der Waals surface area contributed by atoms with Gasteiger partial charge in [0.05, 0.1) is 31.8 Å². The number of nitrogens with zero attached hydrogens (tertiary/aromatic N) is 1. The second-order valence-corrected chi connectivity index (χ2v) is 12.7. The summed E-state index contributed by atoms with van der Waals surface area (Å²) in [5.41, 5.74) is 1.16. The van der Waals surface area contributed by atoms with Crippen LogP contribution in [0.15, 0.2) is 36.4 Å². The molecule has 1 aromatic carbocycles. The van der Waals surface area contributed by atoms with Gasteiger partial charge in [-0.2, -0.15) is 0 Å². The van der Waals surface area contributed by atoms with E-state index in [4.69, 9.17) is 4.74 Å². The molecule has 0 aromatic heterocycles. The average Bonchev–Trinajstić information content (AvgIpc) is 3.28. The first kappa shape index (κ1) is 34.7. The number of carboxylic acid groups (broad SMARTS) is 1. The van der Waals surface area contributed by atoms with Crippen molar-refractivity contribution in [1.29, 1.82) is 0 Å². The molecule has 0 aliphatic carbocycles. The summed E-state index contributed by atoms with van der Waals surface area (Å²) in [4.78, 5) is 12.1. The maximum atomic E-state index is 12.1. The van der Waals surface area contributed by atoms with Gasteiger partial charge in [0.2, 0.25) is 0 Å². The summed E-state index contributed by atoms with van der Waals surface area (Å²) in [6.07, 6.45) is 16.6. The second-order valence-electron chi connectivity index (χ2n) is 10.8. The summed E-state index contributed by atoms with van der Waals surface area (Å²) in [5, 5.41) is 17.0. The number of guanidine groups is 1. The zero-order valence-electron chi connectivity index (χ0n) is 24.0. The molecule has 6 nitrogen and oxygen atoms in total. The average molecular weight is 616 g/mol. The molecule has 1 aromatic rings. The van der Waals surface area contributed by atoms with Gasteiger partial charge in [0.1, 0.15) is 11.7 Å². The van der Waals surface area contributed by atoms with Crippen LogP contribution in [-0.4, -0.2) is 46.8 Å². The van der Waals surface area contributed by atoms with Gasteiger partial charge in [0, 0.05) is 0 Å². The minimum absolute atomic E-state index is 0.0316. The molecule has 4 atom stereocenters. The van der Waals surface area contributed by atoms with Crippen molar-refractivity contribution in [2.24, 2.45) is 5.92 Å². The molecule has 3 rings (SSSR count). The Morgan fingerprint density at radius 3 is 2.24 bits per heavy atom. The van der Waals surface area contributed by atoms with E-state index in [0.717, 1.165) is 43.0 Å². The third-order valence-electron chi connectivity index (χ3n) is 7.33. The van der Waals surface area contributed by atoms with Crippen molar-refractivity contribution in [2.45, 2.75) is 103 Å². The van der Waals surface area contributed by atoms with Crippen LogP contribution in [0, 0.1) is 5.92 Å². The molecular weight excluding hydrogens is 571 g/mol. The number of unbranched alkanes of at least 4 members (excludes halogenated alkanes) is 6. The molecule has 0 bridgehead atoms. The van der Waals surface area contributed by atoms with E-state index < -0.39 is 19.7 Å². The van der Waals surface area contributed by atoms with Crippen molar-refractivity contribution in [3.8, 4) is 5.75 Å². The van der Waals surface area contributed by atoms with Crippen LogP contribution < -0.4 is 15.4 Å². The van der Waals surface area contributed by atoms with E-state index in [9.17, 15) is 35.1 Å². The van der Waals surface area contributed by atoms with Crippen LogP contribution in [0.25, 0.3) is 0 Å². The third-order valence-corrected chi connectivity index (χ3v) is 7.33. The fourth-order valence-corrected chi connectivity index (χ4v) is 5.42. The first-order valence-corrected chi connectivity index (χ1v) is 16.3. The quantitative estimate of drug-likeness (QED) is 0.0683. The van der Waals surface area contributed by atoms with Crippen LogP contribution in [0.5, 0.6) is 5.75 Å². The van der Waals surface area contributed by atoms with E-state index in [-0.39, 0.29) is 12.1 Å². The topological polar surface area (TPSA) is 73.6 Å². The molecule has 0 amide bonds. The van der Waals surface area contributed by atoms with Crippen molar-refractivity contribution >= 4 is 19.7 Å². The third kappa shape index (κ3) is 13.8. The SMILES string of the molecule is CCCCCCCC/C=C\C[C@@H]1CC[C@H]2[C@@H](C(=O)O)[C@@H](C)NC(NCc3ccc(OC)cc3)=[N+]12.F[P-](F)(F)(F)(F)F. The molecule has 2 heterocycles. The Morgan fingerprint density at radius 1 is 1.05 bits per heavy atom. The number of ether oxygens (including phenoxy) is 1. The van der Waals surface area contributed by atoms with E-state index in [0.29, 0.717) is 12.6 Å². The second kappa shape index (κ2) is 14.1. The number of hydrogen-bond acceptors (Lipinski definition) is 4. The number of halogens is 6. The van der Waals surface area contributed by atoms with Gasteiger partial charge in [-0.3, -0.25) is 20.0 Å². The summed E-state index contributed by atoms with van der Waals surface area (Å²) >= 11 is 0. The van der Waals surface area contributed by atoms with Gasteiger partial charge in [0.25, 0.3) is 0 Å². The first-order chi connectivity index (χ1) is 19.0. The number of carbonyl (C=O) groups is 1. The van der Waals surface area contributed by atoms with Gasteiger partial charge < -0.3 is 9.84 Å². The Hall–Kier alpha value is -2.49. The maximum absolute atomic E-state index is 12.1. The molecule has 2 aliphatic heterocycles. The summed E-state index contributed by atoms with van der Waals surface area (Å²) in [7, 11) is -8.99. The van der Waals surface area contributed by atoms with E-state index in [1.54, 1.807) is 7.11 Å². The van der Waals surface area contributed by atoms with Gasteiger partial charge in [-0.25, -0.2) is 0 Å². The summed E-state index contributed by atoms with van der Waals surface area (Å²) < 4.78 is 66.8. The fraction of sp³-hybridized carbons (Fsp3) is 0.643. The standard InChI is InChI=1S/C28H43N3O3.F6P/c1-4-5-6-7-8-9-10-11-12-13-23-16-19-25-26(27(32)33)21(2)30-28(31(23)25)29-20-22-14-17-24(34-3)18-15-22;1-7(2,3,4,5)6/h11-12,14-15,17-18,21,23,25-26H,4-10,13,16,19-20H2,1-3H3,(H2,29,30,32,33);/q;-1/p+1/b12-11-;/t21-,23-,25+,26+;/m1./s1. The molecule has 236 valence electrons. The number of allylic oxidation sites excluding steroid dienone is 1. The fourth-order valence-electron chi connectivity index (χ4n) is 5.42. The Morgan fingerprint density at radius 2 is 1.66 bits per heavy atom. The molecule has 41 heavy (non-hydrogen) atoms. The summed E-state index contributed by atoms with van der Waals surface area (Å²) in [5.74, 6) is 0.710. The van der Waals surface area contributed by atoms with Crippen molar-refractivity contribution in [1.82, 2.24) is 10.6 Å². The zero-order chi connectivity index (χ0) is 30.7. The normalized spacial score (nSPS) is 24.0. The predicted molar refractivity (Wildman–Crippen MR) is 151 cm³/mol. The van der Waals surface area contributed by atoms with Gasteiger partial charge in [0.15, 0.2) is 0 Å². The number of rotatable bonds is 13. The molecule has 1 fully saturated rings. The van der Waals surface area contributed by atoms with Crippen molar-refractivity contribution in [3.63, 3.8) is 0 Å². The van der Waals surface area contributed by atoms with Crippen molar-refractivity contribution < 1.29 is 44.4 Å². The number of nitrogens with one attached hydrogen (secondary N) is 2. The minimum atomic E-state index is -10.7. The zero-order valence-corrected chi connectivity index (χ0v) is 24.9. The number of fused-ring (bicyclic) bond motifs is 1. The molecule has 0 spiro atoms. The van der Waals surface area contributed by atoms with E-state index >= 15 is 0 Å². The molecule has 1 saturated heterocycles. The monoisotopic (exact) mass is 615 g/mol. The Labute approximate surface area is 238 Å². The van der Waals surface area contributed by atoms with Crippen LogP contribution in [0.2, 0.25) is 0 Å². The first-order valence-electron chi connectivity index (χ1n) is 14.2. The van der Waals surface area contributed by atoms with Crippen LogP contribution in [-0.2, 0) is 11.3 Å². The Bertz CT molecular complexity index is 1040.